The molecule has 0 fully saturated rings. The highest BCUT2D eigenvalue weighted by Gasteiger charge is 2.10. The molecule has 2 rings (SSSR count). The fourth-order valence-corrected chi connectivity index (χ4v) is 2.10. The number of hydrogen-bond donors (Lipinski definition) is 3. The lowest BCUT2D eigenvalue weighted by Gasteiger charge is -2.18. The summed E-state index contributed by atoms with van der Waals surface area (Å²) in [5.74, 6) is -0.787. The summed E-state index contributed by atoms with van der Waals surface area (Å²) in [6.07, 6.45) is 0. The van der Waals surface area contributed by atoms with Gasteiger partial charge in [-0.05, 0) is 24.6 Å². The molecule has 25 heavy (non-hydrogen) atoms. The molecule has 3 N–H and O–H groups in total. The van der Waals surface area contributed by atoms with Crippen molar-refractivity contribution in [1.29, 1.82) is 0 Å². The zero-order chi connectivity index (χ0) is 18.2. The van der Waals surface area contributed by atoms with E-state index in [2.05, 4.69) is 15.6 Å². The van der Waals surface area contributed by atoms with Crippen LogP contribution in [-0.4, -0.2) is 28.5 Å². The van der Waals surface area contributed by atoms with E-state index in [1.54, 1.807) is 0 Å². The van der Waals surface area contributed by atoms with E-state index in [0.717, 1.165) is 5.56 Å². The van der Waals surface area contributed by atoms with Crippen molar-refractivity contribution in [2.75, 3.05) is 11.9 Å². The average Bonchev–Trinajstić information content (AvgIpc) is 2.60. The van der Waals surface area contributed by atoms with Gasteiger partial charge < -0.3 is 15.7 Å². The van der Waals surface area contributed by atoms with E-state index >= 15 is 0 Å². The quantitative estimate of drug-likeness (QED) is 0.322. The van der Waals surface area contributed by atoms with Crippen molar-refractivity contribution in [2.45, 2.75) is 13.0 Å². The molecule has 0 aliphatic rings. The normalized spacial score (nSPS) is 12.3. The van der Waals surface area contributed by atoms with Gasteiger partial charge in [0.05, 0.1) is 11.0 Å². The number of guanidine groups is 1. The molecular weight excluding hydrogens is 324 g/mol. The standard InChI is InChI=1S/C17H18N4O4/c1-12(13-5-3-2-4-6-13)19-17(18-11-16(22)23)20-14-7-9-15(10-8-14)21(24)25/h2-10,12H,11H2,1H3,(H,22,23)(H2,18,19,20)/t12-/m0/s1. The highest BCUT2D eigenvalue weighted by atomic mass is 16.6. The van der Waals surface area contributed by atoms with E-state index in [1.165, 1.54) is 24.3 Å². The van der Waals surface area contributed by atoms with Crippen LogP contribution in [0.4, 0.5) is 11.4 Å². The highest BCUT2D eigenvalue weighted by molar-refractivity contribution is 5.95. The van der Waals surface area contributed by atoms with Gasteiger partial charge in [-0.15, -0.1) is 0 Å². The Morgan fingerprint density at radius 3 is 2.40 bits per heavy atom. The molecule has 0 heterocycles. The van der Waals surface area contributed by atoms with Crippen LogP contribution in [0.1, 0.15) is 18.5 Å². The van der Waals surface area contributed by atoms with Crippen molar-refractivity contribution in [3.63, 3.8) is 0 Å². The van der Waals surface area contributed by atoms with Gasteiger partial charge in [0.2, 0.25) is 0 Å². The molecular formula is C17H18N4O4. The van der Waals surface area contributed by atoms with Crippen LogP contribution in [0.25, 0.3) is 0 Å². The topological polar surface area (TPSA) is 117 Å². The van der Waals surface area contributed by atoms with Crippen molar-refractivity contribution < 1.29 is 14.8 Å². The van der Waals surface area contributed by atoms with Crippen molar-refractivity contribution in [2.24, 2.45) is 4.99 Å². The molecule has 130 valence electrons. The van der Waals surface area contributed by atoms with Gasteiger partial charge in [0.25, 0.3) is 5.69 Å². The maximum Gasteiger partial charge on any atom is 0.325 e. The van der Waals surface area contributed by atoms with Crippen LogP contribution in [0.5, 0.6) is 0 Å². The smallest absolute Gasteiger partial charge is 0.325 e. The Balaban J connectivity index is 2.14. The number of nitro groups is 1. The number of anilines is 1. The molecule has 0 unspecified atom stereocenters. The van der Waals surface area contributed by atoms with Gasteiger partial charge in [-0.3, -0.25) is 14.9 Å². The Bertz CT molecular complexity index is 760. The second-order valence-corrected chi connectivity index (χ2v) is 5.26. The largest absolute Gasteiger partial charge is 0.480 e. The third kappa shape index (κ3) is 5.61. The van der Waals surface area contributed by atoms with E-state index < -0.39 is 17.4 Å². The lowest BCUT2D eigenvalue weighted by Crippen LogP contribution is -2.33. The summed E-state index contributed by atoms with van der Waals surface area (Å²) in [5, 5.41) is 25.6. The first-order valence-corrected chi connectivity index (χ1v) is 7.55. The first kappa shape index (κ1) is 17.9. The minimum Gasteiger partial charge on any atom is -0.480 e. The Hall–Kier alpha value is -3.42. The van der Waals surface area contributed by atoms with Gasteiger partial charge in [-0.25, -0.2) is 4.99 Å². The zero-order valence-corrected chi connectivity index (χ0v) is 13.5. The molecule has 0 bridgehead atoms. The summed E-state index contributed by atoms with van der Waals surface area (Å²) in [4.78, 5) is 25.0. The molecule has 0 saturated carbocycles. The predicted octanol–water partition coefficient (Wildman–Crippen LogP) is 2.80. The highest BCUT2D eigenvalue weighted by Crippen LogP contribution is 2.16. The molecule has 8 nitrogen and oxygen atoms in total. The van der Waals surface area contributed by atoms with Crippen molar-refractivity contribution >= 4 is 23.3 Å². The fraction of sp³-hybridized carbons (Fsp3) is 0.176. The van der Waals surface area contributed by atoms with Gasteiger partial charge >= 0.3 is 5.97 Å². The van der Waals surface area contributed by atoms with Gasteiger partial charge in [-0.2, -0.15) is 0 Å². The summed E-state index contributed by atoms with van der Waals surface area (Å²) in [7, 11) is 0. The number of carboxylic acids is 1. The SMILES string of the molecule is C[C@H](NC(=NCC(=O)O)Nc1ccc([N+](=O)[O-])cc1)c1ccccc1. The Kier molecular flexibility index (Phi) is 6.05. The van der Waals surface area contributed by atoms with Crippen LogP contribution in [-0.2, 0) is 4.79 Å². The number of carbonyl (C=O) groups is 1. The van der Waals surface area contributed by atoms with Crippen LogP contribution < -0.4 is 10.6 Å². The second kappa shape index (κ2) is 8.44. The van der Waals surface area contributed by atoms with Crippen LogP contribution in [0.3, 0.4) is 0 Å². The Morgan fingerprint density at radius 1 is 1.20 bits per heavy atom. The van der Waals surface area contributed by atoms with Gasteiger partial charge in [0.15, 0.2) is 5.96 Å². The first-order valence-electron chi connectivity index (χ1n) is 7.55. The van der Waals surface area contributed by atoms with Crippen molar-refractivity contribution in [3.05, 3.63) is 70.3 Å². The molecule has 0 aliphatic heterocycles. The zero-order valence-electron chi connectivity index (χ0n) is 13.5. The number of benzene rings is 2. The van der Waals surface area contributed by atoms with Crippen molar-refractivity contribution in [3.8, 4) is 0 Å². The second-order valence-electron chi connectivity index (χ2n) is 5.26. The van der Waals surface area contributed by atoms with Gasteiger partial charge in [-0.1, -0.05) is 30.3 Å². The van der Waals surface area contributed by atoms with Crippen molar-refractivity contribution in [1.82, 2.24) is 5.32 Å². The molecule has 0 spiro atoms. The number of aliphatic imine (C=N–C) groups is 1. The van der Waals surface area contributed by atoms with E-state index in [1.807, 2.05) is 37.3 Å². The average molecular weight is 342 g/mol. The Labute approximate surface area is 144 Å². The summed E-state index contributed by atoms with van der Waals surface area (Å²) in [6.45, 7) is 1.52. The van der Waals surface area contributed by atoms with E-state index in [9.17, 15) is 14.9 Å². The summed E-state index contributed by atoms with van der Waals surface area (Å²) < 4.78 is 0. The molecule has 0 amide bonds. The summed E-state index contributed by atoms with van der Waals surface area (Å²) in [6, 6.07) is 15.3. The monoisotopic (exact) mass is 342 g/mol. The molecule has 0 saturated heterocycles. The van der Waals surface area contributed by atoms with Crippen LogP contribution in [0.15, 0.2) is 59.6 Å². The number of non-ortho nitro benzene ring substituents is 1. The number of rotatable bonds is 6. The minimum atomic E-state index is -1.06. The fourth-order valence-electron chi connectivity index (χ4n) is 2.10. The van der Waals surface area contributed by atoms with E-state index in [-0.39, 0.29) is 17.7 Å². The number of nitrogens with one attached hydrogen (secondary N) is 2. The molecule has 0 aliphatic carbocycles. The Morgan fingerprint density at radius 2 is 1.84 bits per heavy atom. The molecule has 2 aromatic carbocycles. The van der Waals surface area contributed by atoms with Gasteiger partial charge in [0.1, 0.15) is 6.54 Å². The summed E-state index contributed by atoms with van der Waals surface area (Å²) in [5.41, 5.74) is 1.54. The number of nitro benzene ring substituents is 1. The number of nitrogens with zero attached hydrogens (tertiary/aromatic N) is 2. The molecule has 2 aromatic rings. The summed E-state index contributed by atoms with van der Waals surface area (Å²) >= 11 is 0. The van der Waals surface area contributed by atoms with E-state index in [4.69, 9.17) is 5.11 Å². The first-order chi connectivity index (χ1) is 12.0. The third-order valence-electron chi connectivity index (χ3n) is 3.37. The van der Waals surface area contributed by atoms with E-state index in [0.29, 0.717) is 5.69 Å². The van der Waals surface area contributed by atoms with Crippen LogP contribution >= 0.6 is 0 Å². The number of carboxylic acid groups (broad SMARTS) is 1. The third-order valence-corrected chi connectivity index (χ3v) is 3.37. The van der Waals surface area contributed by atoms with Crippen LogP contribution in [0.2, 0.25) is 0 Å². The molecule has 8 heteroatoms. The molecule has 1 atom stereocenters. The van der Waals surface area contributed by atoms with Gasteiger partial charge in [0, 0.05) is 17.8 Å². The lowest BCUT2D eigenvalue weighted by molar-refractivity contribution is -0.384. The van der Waals surface area contributed by atoms with Crippen LogP contribution in [0, 0.1) is 10.1 Å². The maximum atomic E-state index is 10.8. The maximum absolute atomic E-state index is 10.8. The number of hydrogen-bond acceptors (Lipinski definition) is 4. The lowest BCUT2D eigenvalue weighted by atomic mass is 10.1. The molecule has 0 radical (unpaired) electrons. The number of aliphatic carboxylic acids is 1. The minimum absolute atomic E-state index is 0.0276. The molecule has 0 aromatic heterocycles. The predicted molar refractivity (Wildman–Crippen MR) is 94.6 cm³/mol.